The van der Waals surface area contributed by atoms with E-state index in [0.717, 1.165) is 16.7 Å². The molecular weight excluding hydrogens is 534 g/mol. The van der Waals surface area contributed by atoms with Gasteiger partial charge in [0.25, 0.3) is 5.91 Å². The number of carbonyl (C=O) groups is 3. The molecule has 10 heteroatoms. The van der Waals surface area contributed by atoms with Crippen LogP contribution in [0.15, 0.2) is 91.0 Å². The van der Waals surface area contributed by atoms with Crippen LogP contribution in [0.1, 0.15) is 16.1 Å². The van der Waals surface area contributed by atoms with Crippen LogP contribution in [0.5, 0.6) is 0 Å². The smallest absolute Gasteiger partial charge is 0.407 e. The topological polar surface area (TPSA) is 128 Å². The first-order valence-corrected chi connectivity index (χ1v) is 13.9. The molecule has 3 N–H and O–H groups in total. The Balaban J connectivity index is 1.62. The van der Waals surface area contributed by atoms with E-state index in [1.807, 2.05) is 91.0 Å². The van der Waals surface area contributed by atoms with Gasteiger partial charge >= 0.3 is 6.09 Å². The van der Waals surface area contributed by atoms with E-state index in [2.05, 4.69) is 5.32 Å². The highest BCUT2D eigenvalue weighted by atomic mass is 16.4. The number of benzene rings is 3. The Kier molecular flexibility index (Phi) is 8.93. The first-order chi connectivity index (χ1) is 20.5. The summed E-state index contributed by atoms with van der Waals surface area (Å²) in [5.74, 6) is -0.675. The van der Waals surface area contributed by atoms with Crippen LogP contribution in [0.25, 0.3) is 22.4 Å². The van der Waals surface area contributed by atoms with Gasteiger partial charge in [-0.1, -0.05) is 91.0 Å². The molecule has 0 bridgehead atoms. The zero-order valence-corrected chi connectivity index (χ0v) is 23.1. The highest BCUT2D eigenvalue weighted by Crippen LogP contribution is 2.36. The molecule has 1 saturated heterocycles. The van der Waals surface area contributed by atoms with E-state index in [1.165, 1.54) is 9.58 Å². The zero-order valence-electron chi connectivity index (χ0n) is 23.1. The molecule has 3 aromatic carbocycles. The summed E-state index contributed by atoms with van der Waals surface area (Å²) in [7, 11) is 0. The Labute approximate surface area is 243 Å². The minimum Gasteiger partial charge on any atom is -0.465 e. The third kappa shape index (κ3) is 6.34. The third-order valence-electron chi connectivity index (χ3n) is 7.32. The van der Waals surface area contributed by atoms with Gasteiger partial charge in [-0.25, -0.2) is 4.79 Å². The molecule has 216 valence electrons. The van der Waals surface area contributed by atoms with Gasteiger partial charge in [0.15, 0.2) is 5.69 Å². The van der Waals surface area contributed by atoms with E-state index in [1.54, 1.807) is 4.90 Å². The van der Waals surface area contributed by atoms with Crippen LogP contribution in [-0.4, -0.2) is 86.5 Å². The van der Waals surface area contributed by atoms with Crippen molar-refractivity contribution in [2.75, 3.05) is 32.8 Å². The number of nitrogens with zero attached hydrogens (tertiary/aromatic N) is 4. The molecule has 2 heterocycles. The second-order valence-corrected chi connectivity index (χ2v) is 10.1. The molecule has 42 heavy (non-hydrogen) atoms. The number of piperazine rings is 1. The molecule has 0 unspecified atom stereocenters. The molecule has 0 spiro atoms. The van der Waals surface area contributed by atoms with Crippen LogP contribution < -0.4 is 5.32 Å². The number of carbonyl (C=O) groups excluding carboxylic acids is 2. The Bertz CT molecular complexity index is 1530. The van der Waals surface area contributed by atoms with Crippen molar-refractivity contribution in [3.05, 3.63) is 102 Å². The van der Waals surface area contributed by atoms with Crippen molar-refractivity contribution in [1.82, 2.24) is 24.9 Å². The van der Waals surface area contributed by atoms with Gasteiger partial charge in [-0.2, -0.15) is 5.10 Å². The fraction of sp³-hybridized carbons (Fsp3) is 0.250. The minimum atomic E-state index is -1.02. The number of carboxylic acid groups (broad SMARTS) is 1. The summed E-state index contributed by atoms with van der Waals surface area (Å²) < 4.78 is 1.54. The Hall–Kier alpha value is -4.96. The number of hydrogen-bond acceptors (Lipinski definition) is 5. The summed E-state index contributed by atoms with van der Waals surface area (Å²) in [6.45, 7) is 0.321. The lowest BCUT2D eigenvalue weighted by Crippen LogP contribution is -2.57. The number of hydrogen-bond donors (Lipinski definition) is 3. The summed E-state index contributed by atoms with van der Waals surface area (Å²) in [4.78, 5) is 42.2. The Morgan fingerprint density at radius 1 is 0.857 bits per heavy atom. The highest BCUT2D eigenvalue weighted by Gasteiger charge is 2.36. The number of rotatable bonds is 9. The van der Waals surface area contributed by atoms with E-state index in [-0.39, 0.29) is 56.8 Å². The largest absolute Gasteiger partial charge is 0.465 e. The minimum absolute atomic E-state index is 0.104. The summed E-state index contributed by atoms with van der Waals surface area (Å²) >= 11 is 0. The molecule has 1 atom stereocenters. The Morgan fingerprint density at radius 2 is 1.48 bits per heavy atom. The van der Waals surface area contributed by atoms with Crippen LogP contribution in [0, 0.1) is 0 Å². The van der Waals surface area contributed by atoms with Crippen LogP contribution in [0.4, 0.5) is 4.79 Å². The predicted octanol–water partition coefficient (Wildman–Crippen LogP) is 3.37. The number of aliphatic hydroxyl groups excluding tert-OH is 1. The van der Waals surface area contributed by atoms with Crippen LogP contribution in [0.2, 0.25) is 0 Å². The van der Waals surface area contributed by atoms with E-state index in [4.69, 9.17) is 5.10 Å². The molecule has 1 fully saturated rings. The third-order valence-corrected chi connectivity index (χ3v) is 7.32. The maximum absolute atomic E-state index is 14.5. The maximum Gasteiger partial charge on any atom is 0.407 e. The fourth-order valence-electron chi connectivity index (χ4n) is 5.37. The van der Waals surface area contributed by atoms with Gasteiger partial charge < -0.3 is 25.3 Å². The van der Waals surface area contributed by atoms with Gasteiger partial charge in [-0.05, 0) is 17.5 Å². The van der Waals surface area contributed by atoms with Crippen molar-refractivity contribution < 1.29 is 24.6 Å². The van der Waals surface area contributed by atoms with E-state index in [9.17, 15) is 24.6 Å². The normalized spacial score (nSPS) is 14.9. The molecule has 3 amide bonds. The summed E-state index contributed by atoms with van der Waals surface area (Å²) in [6, 6.07) is 28.2. The van der Waals surface area contributed by atoms with Gasteiger partial charge in [0, 0.05) is 37.3 Å². The van der Waals surface area contributed by atoms with E-state index < -0.39 is 12.1 Å². The first-order valence-electron chi connectivity index (χ1n) is 13.9. The lowest BCUT2D eigenvalue weighted by Gasteiger charge is -2.40. The second-order valence-electron chi connectivity index (χ2n) is 10.1. The molecule has 4 aromatic rings. The lowest BCUT2D eigenvalue weighted by molar-refractivity contribution is -0.122. The SMILES string of the molecule is O=C(Cn1nc(C(=O)N2CCN(C(=O)O)C[C@H]2Cc2ccccc2)c(-c2ccccc2)c1-c1ccccc1)NCCO. The quantitative estimate of drug-likeness (QED) is 0.285. The number of nitrogens with one attached hydrogen (secondary N) is 1. The van der Waals surface area contributed by atoms with Gasteiger partial charge in [0.2, 0.25) is 5.91 Å². The van der Waals surface area contributed by atoms with Crippen molar-refractivity contribution in [2.45, 2.75) is 19.0 Å². The lowest BCUT2D eigenvalue weighted by atomic mass is 9.97. The average molecular weight is 568 g/mol. The number of aliphatic hydroxyl groups is 1. The summed E-state index contributed by atoms with van der Waals surface area (Å²) in [5, 5.41) is 26.3. The number of amides is 3. The van der Waals surface area contributed by atoms with Gasteiger partial charge in [-0.3, -0.25) is 14.3 Å². The molecule has 0 saturated carbocycles. The Morgan fingerprint density at radius 3 is 2.10 bits per heavy atom. The molecule has 10 nitrogen and oxygen atoms in total. The molecule has 0 aliphatic carbocycles. The number of aromatic nitrogens is 2. The summed E-state index contributed by atoms with van der Waals surface area (Å²) in [6.07, 6.45) is -0.540. The van der Waals surface area contributed by atoms with E-state index in [0.29, 0.717) is 17.7 Å². The molecule has 1 aromatic heterocycles. The van der Waals surface area contributed by atoms with Crippen molar-refractivity contribution >= 4 is 17.9 Å². The average Bonchev–Trinajstić information content (AvgIpc) is 3.39. The predicted molar refractivity (Wildman–Crippen MR) is 158 cm³/mol. The van der Waals surface area contributed by atoms with Gasteiger partial charge in [0.1, 0.15) is 6.54 Å². The monoisotopic (exact) mass is 567 g/mol. The molecule has 0 radical (unpaired) electrons. The van der Waals surface area contributed by atoms with Crippen LogP contribution >= 0.6 is 0 Å². The van der Waals surface area contributed by atoms with Crippen molar-refractivity contribution in [1.29, 1.82) is 0 Å². The van der Waals surface area contributed by atoms with E-state index >= 15 is 0 Å². The standard InChI is InChI=1S/C32H33N5O5/c38-19-16-33-27(39)22-37-30(25-14-8-3-9-15-25)28(24-12-6-2-7-13-24)29(34-37)31(40)36-18-17-35(32(41)42)21-26(36)20-23-10-4-1-5-11-23/h1-15,26,38H,16-22H2,(H,33,39)(H,41,42)/t26-/m1/s1. The van der Waals surface area contributed by atoms with Crippen molar-refractivity contribution in [3.8, 4) is 22.4 Å². The van der Waals surface area contributed by atoms with Crippen molar-refractivity contribution in [3.63, 3.8) is 0 Å². The highest BCUT2D eigenvalue weighted by molar-refractivity contribution is 6.03. The van der Waals surface area contributed by atoms with Crippen LogP contribution in [-0.2, 0) is 17.8 Å². The zero-order chi connectivity index (χ0) is 29.5. The van der Waals surface area contributed by atoms with Gasteiger partial charge in [-0.15, -0.1) is 0 Å². The summed E-state index contributed by atoms with van der Waals surface area (Å²) in [5.41, 5.74) is 3.96. The fourth-order valence-corrected chi connectivity index (χ4v) is 5.37. The maximum atomic E-state index is 14.5. The van der Waals surface area contributed by atoms with Crippen molar-refractivity contribution in [2.24, 2.45) is 0 Å². The van der Waals surface area contributed by atoms with Crippen LogP contribution in [0.3, 0.4) is 0 Å². The molecule has 5 rings (SSSR count). The molecular formula is C32H33N5O5. The van der Waals surface area contributed by atoms with Gasteiger partial charge in [0.05, 0.1) is 18.3 Å². The molecule has 1 aliphatic rings. The first kappa shape index (κ1) is 28.6. The second kappa shape index (κ2) is 13.1. The molecule has 1 aliphatic heterocycles.